The van der Waals surface area contributed by atoms with Crippen LogP contribution in [0.5, 0.6) is 0 Å². The average Bonchev–Trinajstić information content (AvgIpc) is 3.43. The Labute approximate surface area is 186 Å². The van der Waals surface area contributed by atoms with E-state index < -0.39 is 0 Å². The van der Waals surface area contributed by atoms with Crippen molar-refractivity contribution in [2.75, 3.05) is 18.8 Å². The molecule has 2 aromatic heterocycles. The molecule has 1 N–H and O–H groups in total. The summed E-state index contributed by atoms with van der Waals surface area (Å²) in [5.41, 5.74) is 3.55. The Hall–Kier alpha value is -2.02. The van der Waals surface area contributed by atoms with Crippen LogP contribution in [-0.2, 0) is 18.7 Å². The molecule has 2 aliphatic rings. The van der Waals surface area contributed by atoms with Crippen molar-refractivity contribution >= 4 is 29.0 Å². The lowest BCUT2D eigenvalue weighted by molar-refractivity contribution is 0.0908. The van der Waals surface area contributed by atoms with Crippen LogP contribution in [-0.4, -0.2) is 40.3 Å². The Bertz CT molecular complexity index is 989. The first-order valence-corrected chi connectivity index (χ1v) is 12.7. The number of likely N-dealkylation sites (tertiary alicyclic amines) is 1. The summed E-state index contributed by atoms with van der Waals surface area (Å²) < 4.78 is 2.10. The summed E-state index contributed by atoms with van der Waals surface area (Å²) in [6.45, 7) is 3.06. The van der Waals surface area contributed by atoms with E-state index >= 15 is 0 Å². The molecule has 6 heteroatoms. The van der Waals surface area contributed by atoms with E-state index in [0.717, 1.165) is 61.0 Å². The van der Waals surface area contributed by atoms with Crippen LogP contribution in [0.4, 0.5) is 0 Å². The number of thioether (sulfide) groups is 1. The van der Waals surface area contributed by atoms with Gasteiger partial charge in [-0.25, -0.2) is 0 Å². The third-order valence-electron chi connectivity index (χ3n) is 6.04. The predicted octanol–water partition coefficient (Wildman–Crippen LogP) is 4.72. The zero-order valence-electron chi connectivity index (χ0n) is 17.0. The summed E-state index contributed by atoms with van der Waals surface area (Å²) in [7, 11) is 0. The van der Waals surface area contributed by atoms with Crippen LogP contribution in [0.3, 0.4) is 0 Å². The second-order valence-corrected chi connectivity index (χ2v) is 10.3. The Kier molecular flexibility index (Phi) is 5.97. The number of thiophene rings is 1. The minimum Gasteiger partial charge on any atom is -0.349 e. The molecule has 0 bridgehead atoms. The summed E-state index contributed by atoms with van der Waals surface area (Å²) >= 11 is 3.75. The van der Waals surface area contributed by atoms with Crippen LogP contribution >= 0.6 is 23.1 Å². The number of rotatable bonds is 5. The minimum atomic E-state index is 0.115. The molecule has 2 aliphatic heterocycles. The lowest BCUT2D eigenvalue weighted by Crippen LogP contribution is -2.44. The van der Waals surface area contributed by atoms with Crippen molar-refractivity contribution in [2.45, 2.75) is 37.6 Å². The average molecular weight is 438 g/mol. The number of aromatic nitrogens is 1. The van der Waals surface area contributed by atoms with E-state index in [-0.39, 0.29) is 11.9 Å². The maximum Gasteiger partial charge on any atom is 0.254 e. The monoisotopic (exact) mass is 437 g/mol. The van der Waals surface area contributed by atoms with Crippen LogP contribution < -0.4 is 5.32 Å². The molecule has 0 unspecified atom stereocenters. The maximum atomic E-state index is 13.4. The van der Waals surface area contributed by atoms with Crippen molar-refractivity contribution in [2.24, 2.45) is 0 Å². The molecule has 0 radical (unpaired) electrons. The highest BCUT2D eigenvalue weighted by molar-refractivity contribution is 7.98. The largest absolute Gasteiger partial charge is 0.349 e. The third-order valence-corrected chi connectivity index (χ3v) is 8.45. The van der Waals surface area contributed by atoms with Crippen LogP contribution in [0.25, 0.3) is 5.00 Å². The molecule has 1 amide bonds. The van der Waals surface area contributed by atoms with Crippen LogP contribution in [0.15, 0.2) is 54.9 Å². The molecule has 30 heavy (non-hydrogen) atoms. The van der Waals surface area contributed by atoms with Crippen molar-refractivity contribution in [3.05, 3.63) is 76.4 Å². The van der Waals surface area contributed by atoms with E-state index in [1.165, 1.54) is 16.0 Å². The highest BCUT2D eigenvalue weighted by Gasteiger charge is 2.28. The van der Waals surface area contributed by atoms with E-state index in [4.69, 9.17) is 0 Å². The molecule has 4 nitrogen and oxygen atoms in total. The summed E-state index contributed by atoms with van der Waals surface area (Å²) in [4.78, 5) is 17.3. The Morgan fingerprint density at radius 3 is 2.60 bits per heavy atom. The predicted molar refractivity (Wildman–Crippen MR) is 126 cm³/mol. The van der Waals surface area contributed by atoms with Crippen molar-refractivity contribution in [1.29, 1.82) is 0 Å². The number of hydrogen-bond donors (Lipinski definition) is 1. The first kappa shape index (κ1) is 19.9. The Balaban J connectivity index is 1.27. The Morgan fingerprint density at radius 1 is 1.07 bits per heavy atom. The summed E-state index contributed by atoms with van der Waals surface area (Å²) in [6.07, 6.45) is 7.11. The van der Waals surface area contributed by atoms with E-state index in [2.05, 4.69) is 45.1 Å². The zero-order valence-corrected chi connectivity index (χ0v) is 18.7. The third kappa shape index (κ3) is 4.22. The molecule has 156 valence electrons. The number of fused-ring (bicyclic) bond motifs is 1. The first-order valence-electron chi connectivity index (χ1n) is 10.7. The Morgan fingerprint density at radius 2 is 1.83 bits per heavy atom. The summed E-state index contributed by atoms with van der Waals surface area (Å²) in [5, 5.41) is 4.45. The number of carbonyl (C=O) groups excluding carboxylic acids is 1. The highest BCUT2D eigenvalue weighted by Crippen LogP contribution is 2.38. The van der Waals surface area contributed by atoms with Gasteiger partial charge in [-0.1, -0.05) is 30.3 Å². The number of carbonyl (C=O) groups is 1. The fraction of sp³-hybridized carbons (Fsp3) is 0.375. The van der Waals surface area contributed by atoms with Gasteiger partial charge < -0.3 is 9.88 Å². The van der Waals surface area contributed by atoms with Crippen LogP contribution in [0, 0.1) is 0 Å². The van der Waals surface area contributed by atoms with E-state index in [0.29, 0.717) is 0 Å². The second-order valence-electron chi connectivity index (χ2n) is 8.09. The number of piperidine rings is 1. The fourth-order valence-electron chi connectivity index (χ4n) is 4.44. The number of nitrogens with zero attached hydrogens (tertiary/aromatic N) is 2. The lowest BCUT2D eigenvalue weighted by atomic mass is 10.0. The van der Waals surface area contributed by atoms with Gasteiger partial charge in [-0.3, -0.25) is 9.69 Å². The molecule has 1 saturated heterocycles. The minimum absolute atomic E-state index is 0.115. The van der Waals surface area contributed by atoms with Crippen LogP contribution in [0.1, 0.15) is 39.2 Å². The number of hydrogen-bond acceptors (Lipinski definition) is 4. The number of nitrogens with one attached hydrogen (secondary N) is 1. The molecular formula is C24H27N3OS2. The van der Waals surface area contributed by atoms with Gasteiger partial charge in [0, 0.05) is 48.7 Å². The molecule has 5 rings (SSSR count). The van der Waals surface area contributed by atoms with Gasteiger partial charge in [0.05, 0.1) is 5.56 Å². The van der Waals surface area contributed by atoms with Crippen molar-refractivity contribution in [3.63, 3.8) is 0 Å². The molecule has 1 fully saturated rings. The number of benzene rings is 1. The summed E-state index contributed by atoms with van der Waals surface area (Å²) in [6, 6.07) is 15.0. The van der Waals surface area contributed by atoms with Crippen molar-refractivity contribution in [3.8, 4) is 5.00 Å². The number of amides is 1. The molecule has 0 spiro atoms. The van der Waals surface area contributed by atoms with Gasteiger partial charge in [-0.15, -0.1) is 11.3 Å². The SMILES string of the molecule is O=C(NC1CCN(Cc2ccccc2)CC1)c1c(-n2cccc2)sc2c1CCSC2. The van der Waals surface area contributed by atoms with Crippen molar-refractivity contribution in [1.82, 2.24) is 14.8 Å². The zero-order chi connectivity index (χ0) is 20.3. The molecule has 0 atom stereocenters. The standard InChI is InChI=1S/C24H27N3OS2/c28-23(25-19-8-13-26(14-9-19)16-18-6-2-1-3-7-18)22-20-10-15-29-17-21(20)30-24(22)27-11-4-5-12-27/h1-7,11-12,19H,8-10,13-17H2,(H,25,28). The van der Waals surface area contributed by atoms with Gasteiger partial charge in [-0.05, 0) is 48.3 Å². The van der Waals surface area contributed by atoms with E-state index in [1.54, 1.807) is 11.3 Å². The highest BCUT2D eigenvalue weighted by atomic mass is 32.2. The van der Waals surface area contributed by atoms with E-state index in [1.807, 2.05) is 36.3 Å². The van der Waals surface area contributed by atoms with Gasteiger partial charge in [-0.2, -0.15) is 11.8 Å². The lowest BCUT2D eigenvalue weighted by Gasteiger charge is -2.32. The van der Waals surface area contributed by atoms with Gasteiger partial charge in [0.1, 0.15) is 5.00 Å². The smallest absolute Gasteiger partial charge is 0.254 e. The topological polar surface area (TPSA) is 37.3 Å². The first-order chi connectivity index (χ1) is 14.8. The fourth-order valence-corrected chi connectivity index (χ4v) is 6.88. The molecule has 4 heterocycles. The second kappa shape index (κ2) is 9.00. The van der Waals surface area contributed by atoms with Gasteiger partial charge >= 0.3 is 0 Å². The normalized spacial score (nSPS) is 17.6. The quantitative estimate of drug-likeness (QED) is 0.627. The van der Waals surface area contributed by atoms with E-state index in [9.17, 15) is 4.79 Å². The van der Waals surface area contributed by atoms with Gasteiger partial charge in [0.2, 0.25) is 0 Å². The van der Waals surface area contributed by atoms with Crippen LogP contribution in [0.2, 0.25) is 0 Å². The molecule has 0 aliphatic carbocycles. The molecule has 1 aromatic carbocycles. The summed E-state index contributed by atoms with van der Waals surface area (Å²) in [5.74, 6) is 2.25. The molecule has 0 saturated carbocycles. The van der Waals surface area contributed by atoms with Gasteiger partial charge in [0.25, 0.3) is 5.91 Å². The van der Waals surface area contributed by atoms with Crippen molar-refractivity contribution < 1.29 is 4.79 Å². The molecular weight excluding hydrogens is 410 g/mol. The van der Waals surface area contributed by atoms with Gasteiger partial charge in [0.15, 0.2) is 0 Å². The molecule has 3 aromatic rings. The maximum absolute atomic E-state index is 13.4.